The van der Waals surface area contributed by atoms with Crippen LogP contribution in [0.25, 0.3) is 0 Å². The standard InChI is InChI=1S/C21H25ClN2O3/c1-24(2)19(17-9-4-5-10-18(17)22)14-23-21(26)12-11-20(25)15-7-6-8-16(13-15)27-3/h4-10,13,19H,11-12,14H2,1-3H3,(H,23,26). The molecule has 144 valence electrons. The average molecular weight is 389 g/mol. The predicted molar refractivity (Wildman–Crippen MR) is 107 cm³/mol. The van der Waals surface area contributed by atoms with E-state index in [1.165, 1.54) is 0 Å². The van der Waals surface area contributed by atoms with E-state index in [1.54, 1.807) is 31.4 Å². The molecule has 0 aromatic heterocycles. The van der Waals surface area contributed by atoms with Crippen molar-refractivity contribution < 1.29 is 14.3 Å². The first-order valence-electron chi connectivity index (χ1n) is 8.77. The van der Waals surface area contributed by atoms with Gasteiger partial charge in [-0.1, -0.05) is 41.9 Å². The van der Waals surface area contributed by atoms with E-state index in [0.29, 0.717) is 22.9 Å². The largest absolute Gasteiger partial charge is 0.497 e. The summed E-state index contributed by atoms with van der Waals surface area (Å²) in [5.74, 6) is 0.378. The molecule has 0 radical (unpaired) electrons. The average Bonchev–Trinajstić information content (AvgIpc) is 2.67. The van der Waals surface area contributed by atoms with Crippen LogP contribution in [0.1, 0.15) is 34.8 Å². The van der Waals surface area contributed by atoms with Crippen LogP contribution in [0, 0.1) is 0 Å². The maximum absolute atomic E-state index is 12.3. The highest BCUT2D eigenvalue weighted by Gasteiger charge is 2.18. The molecule has 0 fully saturated rings. The van der Waals surface area contributed by atoms with Crippen LogP contribution in [0.15, 0.2) is 48.5 Å². The smallest absolute Gasteiger partial charge is 0.220 e. The van der Waals surface area contributed by atoms with Crippen molar-refractivity contribution in [3.05, 3.63) is 64.7 Å². The number of hydrogen-bond donors (Lipinski definition) is 1. The molecule has 2 rings (SSSR count). The Kier molecular flexibility index (Phi) is 7.82. The number of nitrogens with one attached hydrogen (secondary N) is 1. The van der Waals surface area contributed by atoms with Gasteiger partial charge in [0.05, 0.1) is 13.2 Å². The molecular formula is C21H25ClN2O3. The Labute approximate surface area is 165 Å². The van der Waals surface area contributed by atoms with Crippen LogP contribution >= 0.6 is 11.6 Å². The van der Waals surface area contributed by atoms with E-state index < -0.39 is 0 Å². The SMILES string of the molecule is COc1cccc(C(=O)CCC(=O)NCC(c2ccccc2Cl)N(C)C)c1. The van der Waals surface area contributed by atoms with E-state index >= 15 is 0 Å². The minimum absolute atomic E-state index is 0.0447. The number of amides is 1. The Bertz CT molecular complexity index is 793. The topological polar surface area (TPSA) is 58.6 Å². The first kappa shape index (κ1) is 20.9. The molecule has 1 N–H and O–H groups in total. The van der Waals surface area contributed by atoms with Crippen molar-refractivity contribution in [3.8, 4) is 5.75 Å². The number of rotatable bonds is 9. The van der Waals surface area contributed by atoms with Gasteiger partial charge < -0.3 is 15.0 Å². The molecule has 5 nitrogen and oxygen atoms in total. The normalized spacial score (nSPS) is 11.9. The second-order valence-electron chi connectivity index (χ2n) is 6.46. The fourth-order valence-electron chi connectivity index (χ4n) is 2.78. The van der Waals surface area contributed by atoms with Crippen molar-refractivity contribution in [2.75, 3.05) is 27.7 Å². The van der Waals surface area contributed by atoms with E-state index in [-0.39, 0.29) is 30.6 Å². The fourth-order valence-corrected chi connectivity index (χ4v) is 3.04. The molecule has 0 heterocycles. The van der Waals surface area contributed by atoms with Gasteiger partial charge in [0.1, 0.15) is 5.75 Å². The maximum Gasteiger partial charge on any atom is 0.220 e. The number of likely N-dealkylation sites (N-methyl/N-ethyl adjacent to an activating group) is 1. The third-order valence-corrected chi connectivity index (χ3v) is 4.70. The second-order valence-corrected chi connectivity index (χ2v) is 6.87. The Morgan fingerprint density at radius 3 is 2.52 bits per heavy atom. The first-order chi connectivity index (χ1) is 12.9. The monoisotopic (exact) mass is 388 g/mol. The Morgan fingerprint density at radius 1 is 1.11 bits per heavy atom. The molecular weight excluding hydrogens is 364 g/mol. The van der Waals surface area contributed by atoms with Gasteiger partial charge in [-0.15, -0.1) is 0 Å². The lowest BCUT2D eigenvalue weighted by Gasteiger charge is -2.26. The number of Topliss-reactive ketones (excluding diaryl/α,β-unsaturated/α-hetero) is 1. The highest BCUT2D eigenvalue weighted by molar-refractivity contribution is 6.31. The van der Waals surface area contributed by atoms with E-state index in [2.05, 4.69) is 5.32 Å². The number of methoxy groups -OCH3 is 1. The molecule has 0 spiro atoms. The number of ether oxygens (including phenoxy) is 1. The quantitative estimate of drug-likeness (QED) is 0.665. The van der Waals surface area contributed by atoms with Crippen molar-refractivity contribution >= 4 is 23.3 Å². The zero-order chi connectivity index (χ0) is 19.8. The lowest BCUT2D eigenvalue weighted by atomic mass is 10.0. The lowest BCUT2D eigenvalue weighted by Crippen LogP contribution is -2.34. The number of nitrogens with zero attached hydrogens (tertiary/aromatic N) is 1. The minimum Gasteiger partial charge on any atom is -0.497 e. The van der Waals surface area contributed by atoms with Crippen molar-refractivity contribution in [1.29, 1.82) is 0 Å². The van der Waals surface area contributed by atoms with Gasteiger partial charge in [0.2, 0.25) is 5.91 Å². The summed E-state index contributed by atoms with van der Waals surface area (Å²) >= 11 is 6.28. The van der Waals surface area contributed by atoms with Gasteiger partial charge in [-0.25, -0.2) is 0 Å². The van der Waals surface area contributed by atoms with Gasteiger partial charge in [-0.2, -0.15) is 0 Å². The molecule has 6 heteroatoms. The van der Waals surface area contributed by atoms with Crippen molar-refractivity contribution in [1.82, 2.24) is 10.2 Å². The predicted octanol–water partition coefficient (Wildman–Crippen LogP) is 3.73. The molecule has 0 bridgehead atoms. The number of carbonyl (C=O) groups excluding carboxylic acids is 2. The van der Waals surface area contributed by atoms with Crippen molar-refractivity contribution in [3.63, 3.8) is 0 Å². The van der Waals surface area contributed by atoms with Gasteiger partial charge in [-0.3, -0.25) is 9.59 Å². The van der Waals surface area contributed by atoms with Gasteiger partial charge in [0.25, 0.3) is 0 Å². The zero-order valence-electron chi connectivity index (χ0n) is 15.9. The van der Waals surface area contributed by atoms with Gasteiger partial charge in [0, 0.05) is 30.0 Å². The summed E-state index contributed by atoms with van der Waals surface area (Å²) in [6.45, 7) is 0.420. The van der Waals surface area contributed by atoms with Crippen LogP contribution in [-0.4, -0.2) is 44.3 Å². The highest BCUT2D eigenvalue weighted by atomic mass is 35.5. The molecule has 1 atom stereocenters. The maximum atomic E-state index is 12.3. The summed E-state index contributed by atoms with van der Waals surface area (Å²) < 4.78 is 5.12. The summed E-state index contributed by atoms with van der Waals surface area (Å²) in [5, 5.41) is 3.57. The number of benzene rings is 2. The van der Waals surface area contributed by atoms with Crippen LogP contribution < -0.4 is 10.1 Å². The third kappa shape index (κ3) is 6.08. The van der Waals surface area contributed by atoms with E-state index in [9.17, 15) is 9.59 Å². The number of hydrogen-bond acceptors (Lipinski definition) is 4. The lowest BCUT2D eigenvalue weighted by molar-refractivity contribution is -0.121. The summed E-state index contributed by atoms with van der Waals surface area (Å²) in [4.78, 5) is 26.5. The molecule has 1 unspecified atom stereocenters. The van der Waals surface area contributed by atoms with Gasteiger partial charge in [-0.05, 0) is 37.9 Å². The van der Waals surface area contributed by atoms with Gasteiger partial charge in [0.15, 0.2) is 5.78 Å². The van der Waals surface area contributed by atoms with E-state index in [0.717, 1.165) is 5.56 Å². The summed E-state index contributed by atoms with van der Waals surface area (Å²) in [5.41, 5.74) is 1.50. The Balaban J connectivity index is 1.89. The number of ketones is 1. The first-order valence-corrected chi connectivity index (χ1v) is 9.15. The minimum atomic E-state index is -0.162. The number of carbonyl (C=O) groups is 2. The van der Waals surface area contributed by atoms with Crippen LogP contribution in [-0.2, 0) is 4.79 Å². The summed E-state index contributed by atoms with van der Waals surface area (Å²) in [7, 11) is 5.43. The molecule has 1 amide bonds. The zero-order valence-corrected chi connectivity index (χ0v) is 16.6. The number of halogens is 1. The van der Waals surface area contributed by atoms with Crippen molar-refractivity contribution in [2.24, 2.45) is 0 Å². The Morgan fingerprint density at radius 2 is 1.85 bits per heavy atom. The highest BCUT2D eigenvalue weighted by Crippen LogP contribution is 2.25. The molecule has 2 aromatic carbocycles. The second kappa shape index (κ2) is 10.1. The summed E-state index contributed by atoms with van der Waals surface area (Å²) in [6.07, 6.45) is 0.288. The van der Waals surface area contributed by atoms with Gasteiger partial charge >= 0.3 is 0 Å². The molecule has 0 aliphatic carbocycles. The summed E-state index contributed by atoms with van der Waals surface area (Å²) in [6, 6.07) is 14.5. The Hall–Kier alpha value is -2.37. The molecule has 0 aliphatic heterocycles. The van der Waals surface area contributed by atoms with E-state index in [4.69, 9.17) is 16.3 Å². The molecule has 0 saturated carbocycles. The molecule has 27 heavy (non-hydrogen) atoms. The molecule has 0 aliphatic rings. The van der Waals surface area contributed by atoms with Crippen LogP contribution in [0.4, 0.5) is 0 Å². The molecule has 0 saturated heterocycles. The molecule has 2 aromatic rings. The van der Waals surface area contributed by atoms with Crippen LogP contribution in [0.3, 0.4) is 0 Å². The third-order valence-electron chi connectivity index (χ3n) is 4.35. The van der Waals surface area contributed by atoms with E-state index in [1.807, 2.05) is 43.3 Å². The fraction of sp³-hybridized carbons (Fsp3) is 0.333. The van der Waals surface area contributed by atoms with Crippen molar-refractivity contribution in [2.45, 2.75) is 18.9 Å². The van der Waals surface area contributed by atoms with Crippen LogP contribution in [0.2, 0.25) is 5.02 Å². The van der Waals surface area contributed by atoms with Crippen LogP contribution in [0.5, 0.6) is 5.75 Å².